The van der Waals surface area contributed by atoms with Crippen LogP contribution >= 0.6 is 0 Å². The summed E-state index contributed by atoms with van der Waals surface area (Å²) >= 11 is 0. The van der Waals surface area contributed by atoms with Gasteiger partial charge in [-0.3, -0.25) is 4.99 Å². The smallest absolute Gasteiger partial charge is 0.410 e. The summed E-state index contributed by atoms with van der Waals surface area (Å²) in [4.78, 5) is 20.6. The molecule has 0 spiro atoms. The van der Waals surface area contributed by atoms with Crippen LogP contribution in [0.3, 0.4) is 0 Å². The second kappa shape index (κ2) is 7.65. The SMILES string of the molecule is C=N[C@@H]1CN(C(=O)OC(C)(C)C)C[C@H](N2c3ccccc3Oc3ccccc32)[C@H]1O. The van der Waals surface area contributed by atoms with E-state index in [1.54, 1.807) is 4.90 Å². The van der Waals surface area contributed by atoms with E-state index in [2.05, 4.69) is 11.7 Å². The lowest BCUT2D eigenvalue weighted by atomic mass is 9.94. The Morgan fingerprint density at radius 1 is 1.10 bits per heavy atom. The van der Waals surface area contributed by atoms with Crippen molar-refractivity contribution in [2.24, 2.45) is 4.99 Å². The molecule has 30 heavy (non-hydrogen) atoms. The van der Waals surface area contributed by atoms with E-state index < -0.39 is 29.9 Å². The van der Waals surface area contributed by atoms with E-state index in [4.69, 9.17) is 9.47 Å². The third-order valence-corrected chi connectivity index (χ3v) is 5.29. The van der Waals surface area contributed by atoms with Gasteiger partial charge >= 0.3 is 6.09 Å². The van der Waals surface area contributed by atoms with Crippen molar-refractivity contribution in [3.8, 4) is 11.5 Å². The van der Waals surface area contributed by atoms with Crippen molar-refractivity contribution in [3.63, 3.8) is 0 Å². The number of hydrogen-bond donors (Lipinski definition) is 1. The van der Waals surface area contributed by atoms with Crippen LogP contribution < -0.4 is 9.64 Å². The minimum absolute atomic E-state index is 0.254. The average Bonchev–Trinajstić information content (AvgIpc) is 2.71. The topological polar surface area (TPSA) is 74.6 Å². The van der Waals surface area contributed by atoms with Gasteiger partial charge in [0.1, 0.15) is 11.7 Å². The van der Waals surface area contributed by atoms with Crippen molar-refractivity contribution >= 4 is 24.2 Å². The molecular weight excluding hydrogens is 382 g/mol. The lowest BCUT2D eigenvalue weighted by Crippen LogP contribution is -2.61. The Morgan fingerprint density at radius 2 is 1.67 bits per heavy atom. The van der Waals surface area contributed by atoms with E-state index in [0.717, 1.165) is 11.4 Å². The summed E-state index contributed by atoms with van der Waals surface area (Å²) in [5.74, 6) is 1.39. The Balaban J connectivity index is 1.74. The van der Waals surface area contributed by atoms with Gasteiger partial charge in [0.15, 0.2) is 11.5 Å². The van der Waals surface area contributed by atoms with Gasteiger partial charge in [-0.1, -0.05) is 24.3 Å². The van der Waals surface area contributed by atoms with Gasteiger partial charge in [-0.2, -0.15) is 0 Å². The van der Waals surface area contributed by atoms with Crippen molar-refractivity contribution in [2.75, 3.05) is 18.0 Å². The monoisotopic (exact) mass is 409 g/mol. The van der Waals surface area contributed by atoms with Crippen molar-refractivity contribution in [3.05, 3.63) is 48.5 Å². The average molecular weight is 409 g/mol. The number of benzene rings is 2. The fourth-order valence-corrected chi connectivity index (χ4v) is 3.96. The van der Waals surface area contributed by atoms with Gasteiger partial charge in [-0.15, -0.1) is 0 Å². The highest BCUT2D eigenvalue weighted by molar-refractivity contribution is 5.79. The van der Waals surface area contributed by atoms with Gasteiger partial charge in [0.05, 0.1) is 23.5 Å². The van der Waals surface area contributed by atoms with Gasteiger partial charge in [0, 0.05) is 13.1 Å². The van der Waals surface area contributed by atoms with Gasteiger partial charge < -0.3 is 24.4 Å². The predicted octanol–water partition coefficient (Wildman–Crippen LogP) is 3.98. The Labute approximate surface area is 176 Å². The molecular formula is C23H27N3O4. The fraction of sp³-hybridized carbons (Fsp3) is 0.391. The molecule has 7 nitrogen and oxygen atoms in total. The van der Waals surface area contributed by atoms with Crippen molar-refractivity contribution < 1.29 is 19.4 Å². The number of amides is 1. The van der Waals surface area contributed by atoms with Crippen LogP contribution in [0.1, 0.15) is 20.8 Å². The van der Waals surface area contributed by atoms with Crippen LogP contribution in [0.2, 0.25) is 0 Å². The maximum atomic E-state index is 12.8. The van der Waals surface area contributed by atoms with E-state index in [1.165, 1.54) is 0 Å². The number of piperidine rings is 1. The highest BCUT2D eigenvalue weighted by atomic mass is 16.6. The Hall–Kier alpha value is -3.06. The molecule has 0 radical (unpaired) electrons. The molecule has 2 aliphatic heterocycles. The molecule has 3 atom stereocenters. The summed E-state index contributed by atoms with van der Waals surface area (Å²) in [5, 5.41) is 11.2. The number of aliphatic hydroxyl groups is 1. The number of likely N-dealkylation sites (tertiary alicyclic amines) is 1. The Bertz CT molecular complexity index is 910. The van der Waals surface area contributed by atoms with Crippen molar-refractivity contribution in [1.82, 2.24) is 4.90 Å². The molecule has 158 valence electrons. The Morgan fingerprint density at radius 3 is 2.20 bits per heavy atom. The lowest BCUT2D eigenvalue weighted by molar-refractivity contribution is -0.000864. The zero-order valence-corrected chi connectivity index (χ0v) is 17.5. The largest absolute Gasteiger partial charge is 0.453 e. The molecule has 2 aromatic rings. The molecule has 0 aliphatic carbocycles. The number of anilines is 2. The summed E-state index contributed by atoms with van der Waals surface area (Å²) < 4.78 is 11.6. The third kappa shape index (κ3) is 3.73. The normalized spacial score (nSPS) is 23.1. The van der Waals surface area contributed by atoms with Crippen LogP contribution in [0.25, 0.3) is 0 Å². The van der Waals surface area contributed by atoms with Gasteiger partial charge in [0.2, 0.25) is 0 Å². The standard InChI is InChI=1S/C23H27N3O4/c1-23(2,3)30-22(28)25-13-15(24-4)21(27)18(14-25)26-16-9-5-7-11-19(16)29-20-12-8-6-10-17(20)26/h5-12,15,18,21,27H,4,13-14H2,1-3H3/t15-,18+,21+/m1/s1. The molecule has 1 fully saturated rings. The third-order valence-electron chi connectivity index (χ3n) is 5.29. The maximum absolute atomic E-state index is 12.8. The van der Waals surface area contributed by atoms with Crippen LogP contribution in [0, 0.1) is 0 Å². The molecule has 2 aromatic carbocycles. The van der Waals surface area contributed by atoms with Gasteiger partial charge in [-0.05, 0) is 51.8 Å². The summed E-state index contributed by atoms with van der Waals surface area (Å²) in [6, 6.07) is 14.4. The summed E-state index contributed by atoms with van der Waals surface area (Å²) in [6.45, 7) is 9.67. The van der Waals surface area contributed by atoms with E-state index in [1.807, 2.05) is 74.2 Å². The number of nitrogens with zero attached hydrogens (tertiary/aromatic N) is 3. The van der Waals surface area contributed by atoms with E-state index in [9.17, 15) is 9.90 Å². The molecule has 1 amide bonds. The summed E-state index contributed by atoms with van der Waals surface area (Å²) in [6.07, 6.45) is -1.25. The van der Waals surface area contributed by atoms with Crippen LogP contribution in [0.5, 0.6) is 11.5 Å². The lowest BCUT2D eigenvalue weighted by Gasteiger charge is -2.47. The van der Waals surface area contributed by atoms with Gasteiger partial charge in [0.25, 0.3) is 0 Å². The number of carbonyl (C=O) groups is 1. The number of carbonyl (C=O) groups excluding carboxylic acids is 1. The first-order chi connectivity index (χ1) is 14.3. The first-order valence-electron chi connectivity index (χ1n) is 10.1. The predicted molar refractivity (Wildman–Crippen MR) is 116 cm³/mol. The zero-order valence-electron chi connectivity index (χ0n) is 17.5. The van der Waals surface area contributed by atoms with Crippen LogP contribution in [-0.4, -0.2) is 59.7 Å². The van der Waals surface area contributed by atoms with E-state index in [-0.39, 0.29) is 13.1 Å². The molecule has 0 bridgehead atoms. The molecule has 0 unspecified atom stereocenters. The maximum Gasteiger partial charge on any atom is 0.410 e. The highest BCUT2D eigenvalue weighted by Crippen LogP contribution is 2.48. The Kier molecular flexibility index (Phi) is 5.15. The molecule has 0 saturated carbocycles. The number of para-hydroxylation sites is 4. The quantitative estimate of drug-likeness (QED) is 0.760. The first kappa shape index (κ1) is 20.2. The van der Waals surface area contributed by atoms with Crippen molar-refractivity contribution in [2.45, 2.75) is 44.6 Å². The van der Waals surface area contributed by atoms with Crippen LogP contribution in [-0.2, 0) is 4.74 Å². The molecule has 2 aliphatic rings. The molecule has 7 heteroatoms. The number of aliphatic imine (C=N–C) groups is 1. The summed E-state index contributed by atoms with van der Waals surface area (Å²) in [5.41, 5.74) is 1.04. The fourth-order valence-electron chi connectivity index (χ4n) is 3.96. The van der Waals surface area contributed by atoms with Crippen molar-refractivity contribution in [1.29, 1.82) is 0 Å². The highest BCUT2D eigenvalue weighted by Gasteiger charge is 2.44. The summed E-state index contributed by atoms with van der Waals surface area (Å²) in [7, 11) is 0. The number of rotatable bonds is 2. The first-order valence-corrected chi connectivity index (χ1v) is 10.1. The molecule has 1 saturated heterocycles. The molecule has 1 N–H and O–H groups in total. The number of aliphatic hydroxyl groups excluding tert-OH is 1. The second-order valence-corrected chi connectivity index (χ2v) is 8.60. The molecule has 0 aromatic heterocycles. The number of hydrogen-bond acceptors (Lipinski definition) is 6. The van der Waals surface area contributed by atoms with Crippen LogP contribution in [0.15, 0.2) is 53.5 Å². The number of ether oxygens (including phenoxy) is 2. The zero-order chi connectivity index (χ0) is 21.5. The van der Waals surface area contributed by atoms with E-state index >= 15 is 0 Å². The van der Waals surface area contributed by atoms with E-state index in [0.29, 0.717) is 11.5 Å². The van der Waals surface area contributed by atoms with Gasteiger partial charge in [-0.25, -0.2) is 4.79 Å². The molecule has 2 heterocycles. The minimum Gasteiger partial charge on any atom is -0.453 e. The van der Waals surface area contributed by atoms with Crippen LogP contribution in [0.4, 0.5) is 16.2 Å². The second-order valence-electron chi connectivity index (χ2n) is 8.60. The minimum atomic E-state index is -0.819. The molecule has 4 rings (SSSR count). The number of fused-ring (bicyclic) bond motifs is 2.